The Balaban J connectivity index is 1.98. The number of nitrogens with two attached hydrogens (primary N) is 1. The number of para-hydroxylation sites is 1. The minimum absolute atomic E-state index is 0.153. The monoisotopic (exact) mass is 417 g/mol. The highest BCUT2D eigenvalue weighted by Crippen LogP contribution is 2.26. The van der Waals surface area contributed by atoms with E-state index in [2.05, 4.69) is 39.4 Å². The lowest BCUT2D eigenvalue weighted by molar-refractivity contribution is 0.169. The molecule has 0 bridgehead atoms. The number of aliphatic hydroxyl groups is 1. The average molecular weight is 418 g/mol. The topological polar surface area (TPSA) is 114 Å². The summed E-state index contributed by atoms with van der Waals surface area (Å²) in [6.45, 7) is 8.34. The van der Waals surface area contributed by atoms with Crippen LogP contribution in [-0.2, 0) is 6.54 Å². The number of imidazole rings is 1. The second-order valence-electron chi connectivity index (χ2n) is 7.38. The molecule has 0 aliphatic heterocycles. The number of fused-ring (bicyclic) bond motifs is 1. The fourth-order valence-electron chi connectivity index (χ4n) is 3.13. The molecule has 0 saturated carbocycles. The molecule has 2 unspecified atom stereocenters. The predicted octanol–water partition coefficient (Wildman–Crippen LogP) is 3.83. The van der Waals surface area contributed by atoms with Crippen LogP contribution in [0.2, 0.25) is 5.02 Å². The number of hydrogen-bond donors (Lipinski definition) is 4. The zero-order valence-corrected chi connectivity index (χ0v) is 17.9. The number of aliphatic hydroxyl groups excluding tert-OH is 1. The standard InChI is InChI=1S/C20H28ClN7O/c1-5-15(12(4)29)25-20-26-18(17-19(27-20)28(10-24-17)11(2)3)23-9-13-7-6-8-14(21)16(13)22/h6-8,10-12,15,29H,5,9,22H2,1-4H3,(H2,23,25,26,27). The summed E-state index contributed by atoms with van der Waals surface area (Å²) in [7, 11) is 0. The summed E-state index contributed by atoms with van der Waals surface area (Å²) in [5.74, 6) is 1.03. The van der Waals surface area contributed by atoms with Crippen molar-refractivity contribution in [2.75, 3.05) is 16.4 Å². The van der Waals surface area contributed by atoms with Gasteiger partial charge in [0.25, 0.3) is 0 Å². The van der Waals surface area contributed by atoms with Gasteiger partial charge in [0, 0.05) is 12.6 Å². The number of nitrogens with one attached hydrogen (secondary N) is 2. The van der Waals surface area contributed by atoms with Crippen molar-refractivity contribution in [3.8, 4) is 0 Å². The Hall–Kier alpha value is -2.58. The van der Waals surface area contributed by atoms with Gasteiger partial charge in [0.05, 0.1) is 29.2 Å². The highest BCUT2D eigenvalue weighted by Gasteiger charge is 2.18. The molecule has 29 heavy (non-hydrogen) atoms. The highest BCUT2D eigenvalue weighted by molar-refractivity contribution is 6.33. The van der Waals surface area contributed by atoms with Crippen LogP contribution >= 0.6 is 11.6 Å². The first kappa shape index (κ1) is 21.1. The number of hydrogen-bond acceptors (Lipinski definition) is 7. The van der Waals surface area contributed by atoms with Gasteiger partial charge in [-0.05, 0) is 38.8 Å². The average Bonchev–Trinajstić information content (AvgIpc) is 3.11. The molecule has 2 heterocycles. The Morgan fingerprint density at radius 1 is 1.24 bits per heavy atom. The van der Waals surface area contributed by atoms with Gasteiger partial charge in [0.15, 0.2) is 17.0 Å². The Kier molecular flexibility index (Phi) is 6.44. The molecular weight excluding hydrogens is 390 g/mol. The third kappa shape index (κ3) is 4.54. The van der Waals surface area contributed by atoms with E-state index in [4.69, 9.17) is 17.3 Å². The predicted molar refractivity (Wildman–Crippen MR) is 118 cm³/mol. The van der Waals surface area contributed by atoms with Gasteiger partial charge >= 0.3 is 0 Å². The van der Waals surface area contributed by atoms with Crippen molar-refractivity contribution in [3.05, 3.63) is 35.1 Å². The maximum atomic E-state index is 9.99. The van der Waals surface area contributed by atoms with Gasteiger partial charge in [0.2, 0.25) is 5.95 Å². The van der Waals surface area contributed by atoms with Crippen LogP contribution in [0.25, 0.3) is 11.2 Å². The fourth-order valence-corrected chi connectivity index (χ4v) is 3.32. The molecule has 3 rings (SSSR count). The maximum Gasteiger partial charge on any atom is 0.227 e. The molecule has 2 atom stereocenters. The number of halogens is 1. The fraction of sp³-hybridized carbons (Fsp3) is 0.450. The third-order valence-corrected chi connectivity index (χ3v) is 5.23. The summed E-state index contributed by atoms with van der Waals surface area (Å²) in [4.78, 5) is 13.8. The first-order valence-electron chi connectivity index (χ1n) is 9.77. The minimum Gasteiger partial charge on any atom is -0.397 e. The summed E-state index contributed by atoms with van der Waals surface area (Å²) >= 11 is 6.13. The quantitative estimate of drug-likeness (QED) is 0.412. The lowest BCUT2D eigenvalue weighted by Gasteiger charge is -2.20. The maximum absolute atomic E-state index is 9.99. The van der Waals surface area contributed by atoms with E-state index in [0.717, 1.165) is 17.6 Å². The van der Waals surface area contributed by atoms with Crippen LogP contribution in [0.1, 0.15) is 45.7 Å². The molecule has 8 nitrogen and oxygen atoms in total. The molecule has 0 aliphatic carbocycles. The minimum atomic E-state index is -0.531. The number of rotatable bonds is 8. The van der Waals surface area contributed by atoms with Gasteiger partial charge in [-0.2, -0.15) is 9.97 Å². The third-order valence-electron chi connectivity index (χ3n) is 4.90. The molecular formula is C20H28ClN7O. The van der Waals surface area contributed by atoms with Crippen molar-refractivity contribution >= 4 is 40.2 Å². The Bertz CT molecular complexity index is 986. The molecule has 0 spiro atoms. The van der Waals surface area contributed by atoms with Crippen LogP contribution in [0.15, 0.2) is 24.5 Å². The summed E-state index contributed by atoms with van der Waals surface area (Å²) in [6.07, 6.45) is 1.97. The lowest BCUT2D eigenvalue weighted by Crippen LogP contribution is -2.31. The van der Waals surface area contributed by atoms with E-state index in [1.807, 2.05) is 23.6 Å². The van der Waals surface area contributed by atoms with Gasteiger partial charge in [-0.25, -0.2) is 4.98 Å². The molecule has 3 aromatic rings. The van der Waals surface area contributed by atoms with Crippen molar-refractivity contribution < 1.29 is 5.11 Å². The van der Waals surface area contributed by atoms with Gasteiger partial charge in [0.1, 0.15) is 0 Å². The summed E-state index contributed by atoms with van der Waals surface area (Å²) in [5.41, 5.74) is 8.90. The van der Waals surface area contributed by atoms with Crippen LogP contribution < -0.4 is 16.4 Å². The number of aromatic nitrogens is 4. The number of nitrogen functional groups attached to an aromatic ring is 1. The molecule has 0 saturated heterocycles. The van der Waals surface area contributed by atoms with Gasteiger partial charge in [-0.1, -0.05) is 30.7 Å². The van der Waals surface area contributed by atoms with Crippen molar-refractivity contribution in [2.24, 2.45) is 0 Å². The van der Waals surface area contributed by atoms with Crippen LogP contribution in [-0.4, -0.2) is 36.8 Å². The number of anilines is 3. The summed E-state index contributed by atoms with van der Waals surface area (Å²) < 4.78 is 1.99. The van der Waals surface area contributed by atoms with Crippen LogP contribution in [0, 0.1) is 0 Å². The Morgan fingerprint density at radius 2 is 2.00 bits per heavy atom. The molecule has 1 aromatic carbocycles. The Labute approximate surface area is 175 Å². The van der Waals surface area contributed by atoms with Gasteiger partial charge in [-0.15, -0.1) is 0 Å². The molecule has 5 N–H and O–H groups in total. The molecule has 156 valence electrons. The first-order valence-corrected chi connectivity index (χ1v) is 10.2. The highest BCUT2D eigenvalue weighted by atomic mass is 35.5. The summed E-state index contributed by atoms with van der Waals surface area (Å²) in [6, 6.07) is 5.58. The normalized spacial score (nSPS) is 13.6. The van der Waals surface area contributed by atoms with Crippen LogP contribution in [0.3, 0.4) is 0 Å². The molecule has 0 aliphatic rings. The van der Waals surface area contributed by atoms with E-state index in [1.165, 1.54) is 0 Å². The van der Waals surface area contributed by atoms with E-state index in [9.17, 15) is 5.11 Å². The zero-order chi connectivity index (χ0) is 21.1. The van der Waals surface area contributed by atoms with Crippen LogP contribution in [0.4, 0.5) is 17.5 Å². The van der Waals surface area contributed by atoms with Crippen molar-refractivity contribution in [1.29, 1.82) is 0 Å². The summed E-state index contributed by atoms with van der Waals surface area (Å²) in [5, 5.41) is 17.1. The van der Waals surface area contributed by atoms with Crippen molar-refractivity contribution in [2.45, 2.75) is 58.8 Å². The van der Waals surface area contributed by atoms with Crippen LogP contribution in [0.5, 0.6) is 0 Å². The molecule has 0 amide bonds. The smallest absolute Gasteiger partial charge is 0.227 e. The lowest BCUT2D eigenvalue weighted by atomic mass is 10.1. The first-order chi connectivity index (χ1) is 13.8. The molecule has 0 fully saturated rings. The second-order valence-corrected chi connectivity index (χ2v) is 7.79. The molecule has 0 radical (unpaired) electrons. The number of benzene rings is 1. The number of nitrogens with zero attached hydrogens (tertiary/aromatic N) is 4. The van der Waals surface area contributed by atoms with E-state index >= 15 is 0 Å². The van der Waals surface area contributed by atoms with E-state index < -0.39 is 6.10 Å². The van der Waals surface area contributed by atoms with Gasteiger partial charge in [-0.3, -0.25) is 0 Å². The second kappa shape index (κ2) is 8.84. The molecule has 9 heteroatoms. The zero-order valence-electron chi connectivity index (χ0n) is 17.1. The van der Waals surface area contributed by atoms with Crippen molar-refractivity contribution in [1.82, 2.24) is 19.5 Å². The van der Waals surface area contributed by atoms with E-state index in [1.54, 1.807) is 19.3 Å². The SMILES string of the molecule is CCC(Nc1nc(NCc2cccc(Cl)c2N)c2ncn(C(C)C)c2n1)C(C)O. The van der Waals surface area contributed by atoms with Gasteiger partial charge < -0.3 is 26.0 Å². The molecule has 2 aromatic heterocycles. The Morgan fingerprint density at radius 3 is 2.66 bits per heavy atom. The van der Waals surface area contributed by atoms with Crippen molar-refractivity contribution in [3.63, 3.8) is 0 Å². The van der Waals surface area contributed by atoms with E-state index in [-0.39, 0.29) is 12.1 Å². The van der Waals surface area contributed by atoms with E-state index in [0.29, 0.717) is 34.5 Å². The largest absolute Gasteiger partial charge is 0.397 e.